The zero-order valence-corrected chi connectivity index (χ0v) is 19.8. The molecule has 0 unspecified atom stereocenters. The molecule has 4 rings (SSSR count). The Morgan fingerprint density at radius 2 is 1.93 bits per heavy atom. The maximum Gasteiger partial charge on any atom is 0.262 e. The second kappa shape index (κ2) is 8.25. The zero-order valence-electron chi connectivity index (χ0n) is 17.4. The minimum absolute atomic E-state index is 0.0200. The number of amides is 1. The Hall–Kier alpha value is -1.43. The molecule has 11 heteroatoms. The normalized spacial score (nSPS) is 22.1. The Kier molecular flexibility index (Phi) is 5.99. The van der Waals surface area contributed by atoms with Gasteiger partial charge in [-0.15, -0.1) is 11.3 Å². The van der Waals surface area contributed by atoms with Gasteiger partial charge < -0.3 is 4.90 Å². The van der Waals surface area contributed by atoms with Crippen LogP contribution in [-0.2, 0) is 21.7 Å². The highest BCUT2D eigenvalue weighted by Gasteiger charge is 2.34. The van der Waals surface area contributed by atoms with Crippen LogP contribution < -0.4 is 5.56 Å². The predicted molar refractivity (Wildman–Crippen MR) is 120 cm³/mol. The topological polar surface area (TPSA) is 92.6 Å². The molecule has 0 bridgehead atoms. The first kappa shape index (κ1) is 21.8. The molecular formula is C19H26N4O4S3. The van der Waals surface area contributed by atoms with Crippen molar-refractivity contribution in [2.45, 2.75) is 31.5 Å². The Morgan fingerprint density at radius 1 is 1.23 bits per heavy atom. The summed E-state index contributed by atoms with van der Waals surface area (Å²) in [7, 11) is -1.20. The van der Waals surface area contributed by atoms with E-state index in [2.05, 4.69) is 9.88 Å². The average molecular weight is 471 g/mol. The Labute approximate surface area is 184 Å². The van der Waals surface area contributed by atoms with Gasteiger partial charge in [0.1, 0.15) is 4.83 Å². The van der Waals surface area contributed by atoms with Gasteiger partial charge in [0.2, 0.25) is 5.91 Å². The van der Waals surface area contributed by atoms with Crippen LogP contribution in [0.1, 0.15) is 16.9 Å². The molecule has 2 fully saturated rings. The molecule has 1 amide bonds. The molecule has 2 saturated heterocycles. The monoisotopic (exact) mass is 470 g/mol. The van der Waals surface area contributed by atoms with E-state index in [1.165, 1.54) is 27.7 Å². The van der Waals surface area contributed by atoms with Gasteiger partial charge in [-0.1, -0.05) is 11.8 Å². The average Bonchev–Trinajstić information content (AvgIpc) is 3.22. The van der Waals surface area contributed by atoms with Crippen molar-refractivity contribution in [1.29, 1.82) is 0 Å². The number of nitrogens with zero attached hydrogens (tertiary/aromatic N) is 4. The Morgan fingerprint density at radius 3 is 2.57 bits per heavy atom. The summed E-state index contributed by atoms with van der Waals surface area (Å²) in [5.41, 5.74) is 0.903. The fraction of sp³-hybridized carbons (Fsp3) is 0.632. The lowest BCUT2D eigenvalue weighted by Gasteiger charge is -2.37. The summed E-state index contributed by atoms with van der Waals surface area (Å²) in [5.74, 6) is 0.756. The van der Waals surface area contributed by atoms with E-state index in [-0.39, 0.29) is 34.8 Å². The summed E-state index contributed by atoms with van der Waals surface area (Å²) in [5, 5.41) is 1.22. The first-order valence-corrected chi connectivity index (χ1v) is 13.6. The van der Waals surface area contributed by atoms with Crippen LogP contribution in [-0.4, -0.2) is 83.2 Å². The molecule has 0 radical (unpaired) electrons. The van der Waals surface area contributed by atoms with Crippen molar-refractivity contribution < 1.29 is 13.2 Å². The van der Waals surface area contributed by atoms with Crippen molar-refractivity contribution in [3.63, 3.8) is 0 Å². The largest absolute Gasteiger partial charge is 0.339 e. The fourth-order valence-electron chi connectivity index (χ4n) is 4.10. The van der Waals surface area contributed by atoms with Gasteiger partial charge in [-0.05, 0) is 25.8 Å². The van der Waals surface area contributed by atoms with Crippen LogP contribution in [0.25, 0.3) is 10.2 Å². The molecule has 1 atom stereocenters. The maximum atomic E-state index is 12.7. The number of hydrogen-bond donors (Lipinski definition) is 0. The highest BCUT2D eigenvalue weighted by atomic mass is 32.2. The van der Waals surface area contributed by atoms with E-state index in [4.69, 9.17) is 0 Å². The first-order valence-electron chi connectivity index (χ1n) is 9.98. The van der Waals surface area contributed by atoms with E-state index in [0.717, 1.165) is 15.3 Å². The van der Waals surface area contributed by atoms with Gasteiger partial charge >= 0.3 is 0 Å². The number of thioether (sulfide) groups is 1. The molecule has 0 aromatic carbocycles. The van der Waals surface area contributed by atoms with Gasteiger partial charge in [0.15, 0.2) is 15.0 Å². The lowest BCUT2D eigenvalue weighted by molar-refractivity contribution is -0.130. The van der Waals surface area contributed by atoms with Crippen LogP contribution in [0.2, 0.25) is 0 Å². The van der Waals surface area contributed by atoms with Crippen molar-refractivity contribution in [2.24, 2.45) is 7.05 Å². The number of rotatable bonds is 4. The molecule has 8 nitrogen and oxygen atoms in total. The van der Waals surface area contributed by atoms with Crippen molar-refractivity contribution in [2.75, 3.05) is 43.4 Å². The summed E-state index contributed by atoms with van der Waals surface area (Å²) in [6, 6.07) is 0.0878. The minimum Gasteiger partial charge on any atom is -0.339 e. The van der Waals surface area contributed by atoms with Crippen LogP contribution >= 0.6 is 23.1 Å². The third-order valence-electron chi connectivity index (χ3n) is 6.09. The van der Waals surface area contributed by atoms with Crippen molar-refractivity contribution in [3.8, 4) is 0 Å². The molecule has 2 aliphatic rings. The molecule has 0 spiro atoms. The van der Waals surface area contributed by atoms with Crippen LogP contribution in [0.15, 0.2) is 9.95 Å². The maximum absolute atomic E-state index is 12.7. The van der Waals surface area contributed by atoms with E-state index in [1.807, 2.05) is 18.7 Å². The van der Waals surface area contributed by atoms with Crippen molar-refractivity contribution in [1.82, 2.24) is 19.4 Å². The third-order valence-corrected chi connectivity index (χ3v) is 9.95. The predicted octanol–water partition coefficient (Wildman–Crippen LogP) is 1.04. The molecule has 2 aliphatic heterocycles. The number of hydrogen-bond acceptors (Lipinski definition) is 8. The second-order valence-electron chi connectivity index (χ2n) is 7.98. The molecule has 0 aliphatic carbocycles. The van der Waals surface area contributed by atoms with Gasteiger partial charge in [-0.25, -0.2) is 13.4 Å². The van der Waals surface area contributed by atoms with Crippen molar-refractivity contribution >= 4 is 49.1 Å². The van der Waals surface area contributed by atoms with E-state index >= 15 is 0 Å². The van der Waals surface area contributed by atoms with Gasteiger partial charge in [-0.2, -0.15) is 0 Å². The third kappa shape index (κ3) is 4.17. The Bertz CT molecular complexity index is 1150. The van der Waals surface area contributed by atoms with Crippen LogP contribution in [0, 0.1) is 13.8 Å². The fourth-order valence-corrected chi connectivity index (χ4v) is 7.81. The zero-order chi connectivity index (χ0) is 21.6. The SMILES string of the molecule is Cc1sc2nc(SCC(=O)N3CCN([C@@H]4CCS(=O)(=O)C4)CC3)n(C)c(=O)c2c1C. The molecule has 2 aromatic heterocycles. The number of fused-ring (bicyclic) bond motifs is 1. The standard InChI is InChI=1S/C19H26N4O4S3/c1-12-13(2)29-17-16(12)18(25)21(3)19(20-17)28-10-15(24)23-7-5-22(6-8-23)14-4-9-30(26,27)11-14/h14H,4-11H2,1-3H3/t14-/m1/s1. The number of carbonyl (C=O) groups is 1. The van der Waals surface area contributed by atoms with Crippen LogP contribution in [0.3, 0.4) is 0 Å². The summed E-state index contributed by atoms with van der Waals surface area (Å²) >= 11 is 2.80. The highest BCUT2D eigenvalue weighted by Crippen LogP contribution is 2.28. The number of aromatic nitrogens is 2. The number of sulfone groups is 1. The number of thiophene rings is 1. The lowest BCUT2D eigenvalue weighted by atomic mass is 10.2. The van der Waals surface area contributed by atoms with Crippen LogP contribution in [0.5, 0.6) is 0 Å². The second-order valence-corrected chi connectivity index (χ2v) is 12.4. The highest BCUT2D eigenvalue weighted by molar-refractivity contribution is 7.99. The summed E-state index contributed by atoms with van der Waals surface area (Å²) < 4.78 is 24.9. The molecule has 0 N–H and O–H groups in total. The molecule has 2 aromatic rings. The van der Waals surface area contributed by atoms with Gasteiger partial charge in [0.05, 0.1) is 22.6 Å². The van der Waals surface area contributed by atoms with Gasteiger partial charge in [0.25, 0.3) is 5.56 Å². The summed E-state index contributed by atoms with van der Waals surface area (Å²) in [4.78, 5) is 35.9. The van der Waals surface area contributed by atoms with E-state index in [0.29, 0.717) is 43.1 Å². The summed E-state index contributed by atoms with van der Waals surface area (Å²) in [6.45, 7) is 6.53. The first-order chi connectivity index (χ1) is 14.2. The van der Waals surface area contributed by atoms with E-state index in [1.54, 1.807) is 7.05 Å². The van der Waals surface area contributed by atoms with E-state index < -0.39 is 9.84 Å². The molecule has 0 saturated carbocycles. The number of aryl methyl sites for hydroxylation is 2. The number of piperazine rings is 1. The van der Waals surface area contributed by atoms with Gasteiger partial charge in [-0.3, -0.25) is 19.1 Å². The lowest BCUT2D eigenvalue weighted by Crippen LogP contribution is -2.52. The quantitative estimate of drug-likeness (QED) is 0.487. The van der Waals surface area contributed by atoms with Crippen molar-refractivity contribution in [3.05, 3.63) is 20.8 Å². The Balaban J connectivity index is 1.37. The minimum atomic E-state index is -2.90. The molecular weight excluding hydrogens is 444 g/mol. The smallest absolute Gasteiger partial charge is 0.262 e. The molecule has 30 heavy (non-hydrogen) atoms. The van der Waals surface area contributed by atoms with Crippen LogP contribution in [0.4, 0.5) is 0 Å². The number of carbonyl (C=O) groups excluding carboxylic acids is 1. The van der Waals surface area contributed by atoms with Gasteiger partial charge in [0, 0.05) is 44.1 Å². The molecule has 164 valence electrons. The molecule has 4 heterocycles. The van der Waals surface area contributed by atoms with E-state index in [9.17, 15) is 18.0 Å². The summed E-state index contributed by atoms with van der Waals surface area (Å²) in [6.07, 6.45) is 0.690.